The van der Waals surface area contributed by atoms with Crippen LogP contribution in [0.1, 0.15) is 30.5 Å². The van der Waals surface area contributed by atoms with Crippen LogP contribution in [-0.2, 0) is 23.7 Å². The summed E-state index contributed by atoms with van der Waals surface area (Å²) in [4.78, 5) is 34.4. The van der Waals surface area contributed by atoms with E-state index in [1.54, 1.807) is 9.80 Å². The van der Waals surface area contributed by atoms with Crippen molar-refractivity contribution in [1.29, 1.82) is 0 Å². The molecule has 1 aliphatic heterocycles. The maximum atomic E-state index is 12.7. The molecule has 0 spiro atoms. The van der Waals surface area contributed by atoms with Crippen molar-refractivity contribution in [3.63, 3.8) is 0 Å². The smallest absolute Gasteiger partial charge is 0.339 e. The first-order valence-electron chi connectivity index (χ1n) is 10.0. The van der Waals surface area contributed by atoms with Crippen molar-refractivity contribution in [2.24, 2.45) is 0 Å². The number of piperazine rings is 1. The monoisotopic (exact) mass is 478 g/mol. The molecular weight excluding hydrogens is 458 g/mol. The molecular formula is C19H20F6N6O2. The molecule has 14 heteroatoms. The lowest BCUT2D eigenvalue weighted by Crippen LogP contribution is -2.49. The van der Waals surface area contributed by atoms with Crippen molar-refractivity contribution >= 4 is 11.9 Å². The van der Waals surface area contributed by atoms with Crippen LogP contribution in [0.15, 0.2) is 29.3 Å². The predicted octanol–water partition coefficient (Wildman–Crippen LogP) is 2.59. The topological polar surface area (TPSA) is 84.2 Å². The van der Waals surface area contributed by atoms with Gasteiger partial charge in [-0.3, -0.25) is 9.59 Å². The molecule has 2 aromatic rings. The summed E-state index contributed by atoms with van der Waals surface area (Å²) in [5.74, 6) is 0.0269. The molecule has 3 rings (SSSR count). The Hall–Kier alpha value is -3.19. The van der Waals surface area contributed by atoms with Crippen LogP contribution in [0, 0.1) is 0 Å². The summed E-state index contributed by atoms with van der Waals surface area (Å²) in [5, 5.41) is 3.31. The Morgan fingerprint density at radius 3 is 2.15 bits per heavy atom. The lowest BCUT2D eigenvalue weighted by atomic mass is 10.1. The zero-order valence-corrected chi connectivity index (χ0v) is 17.2. The Morgan fingerprint density at radius 1 is 0.939 bits per heavy atom. The van der Waals surface area contributed by atoms with Crippen molar-refractivity contribution in [2.75, 3.05) is 31.1 Å². The molecule has 33 heavy (non-hydrogen) atoms. The van der Waals surface area contributed by atoms with Gasteiger partial charge in [0.1, 0.15) is 0 Å². The van der Waals surface area contributed by atoms with E-state index < -0.39 is 28.3 Å². The van der Waals surface area contributed by atoms with Crippen LogP contribution < -0.4 is 10.5 Å². The Morgan fingerprint density at radius 2 is 1.58 bits per heavy atom. The highest BCUT2D eigenvalue weighted by atomic mass is 19.4. The van der Waals surface area contributed by atoms with Gasteiger partial charge >= 0.3 is 12.5 Å². The van der Waals surface area contributed by atoms with Gasteiger partial charge in [-0.1, -0.05) is 0 Å². The molecule has 0 radical (unpaired) electrons. The number of hydrogen-bond acceptors (Lipinski definition) is 6. The molecule has 1 amide bonds. The van der Waals surface area contributed by atoms with Gasteiger partial charge in [-0.25, -0.2) is 9.97 Å². The van der Waals surface area contributed by atoms with Gasteiger partial charge in [0.25, 0.3) is 5.56 Å². The number of carbonyl (C=O) groups excluding carboxylic acids is 1. The number of hydrogen-bond donors (Lipinski definition) is 0. The van der Waals surface area contributed by atoms with E-state index in [9.17, 15) is 35.9 Å². The SMILES string of the molecule is O=C(CCCCc1ccc(=O)n(C(F)(F)F)n1)N1CCN(c2ncc(C(F)(F)F)cn2)CC1. The van der Waals surface area contributed by atoms with Crippen molar-refractivity contribution in [3.05, 3.63) is 46.1 Å². The fraction of sp³-hybridized carbons (Fsp3) is 0.526. The van der Waals surface area contributed by atoms with Crippen molar-refractivity contribution in [1.82, 2.24) is 24.6 Å². The average Bonchev–Trinajstić information content (AvgIpc) is 2.76. The summed E-state index contributed by atoms with van der Waals surface area (Å²) in [6, 6.07) is 2.04. The van der Waals surface area contributed by atoms with Gasteiger partial charge < -0.3 is 9.80 Å². The van der Waals surface area contributed by atoms with Crippen LogP contribution >= 0.6 is 0 Å². The highest BCUT2D eigenvalue weighted by Gasteiger charge is 2.34. The third-order valence-corrected chi connectivity index (χ3v) is 5.05. The van der Waals surface area contributed by atoms with Crippen molar-refractivity contribution < 1.29 is 31.1 Å². The molecule has 1 aliphatic rings. The fourth-order valence-corrected chi connectivity index (χ4v) is 3.29. The average molecular weight is 478 g/mol. The quantitative estimate of drug-likeness (QED) is 0.469. The number of aryl methyl sites for hydroxylation is 1. The molecule has 3 heterocycles. The number of unbranched alkanes of at least 4 members (excludes halogenated alkanes) is 1. The zero-order valence-electron chi connectivity index (χ0n) is 17.2. The van der Waals surface area contributed by atoms with Gasteiger partial charge in [0.2, 0.25) is 11.9 Å². The van der Waals surface area contributed by atoms with E-state index in [2.05, 4.69) is 15.1 Å². The Balaban J connectivity index is 1.42. The van der Waals surface area contributed by atoms with Gasteiger partial charge in [0.05, 0.1) is 11.3 Å². The molecule has 1 fully saturated rings. The molecule has 0 bridgehead atoms. The number of rotatable bonds is 6. The van der Waals surface area contributed by atoms with Gasteiger partial charge in [-0.15, -0.1) is 17.9 Å². The molecule has 8 nitrogen and oxygen atoms in total. The number of amides is 1. The maximum absolute atomic E-state index is 12.7. The zero-order chi connectivity index (χ0) is 24.2. The Kier molecular flexibility index (Phi) is 7.22. The Bertz CT molecular complexity index is 1010. The molecule has 0 N–H and O–H groups in total. The van der Waals surface area contributed by atoms with Crippen LogP contribution in [0.4, 0.5) is 32.3 Å². The summed E-state index contributed by atoms with van der Waals surface area (Å²) in [6.45, 7) is 1.42. The highest BCUT2D eigenvalue weighted by molar-refractivity contribution is 5.76. The lowest BCUT2D eigenvalue weighted by molar-refractivity contribution is -0.215. The minimum atomic E-state index is -4.89. The standard InChI is InChI=1S/C19H20F6N6O2/c20-18(21,22)13-11-26-17(27-12-13)30-9-7-29(8-10-30)15(32)4-2-1-3-14-5-6-16(33)31(28-14)19(23,24)25/h5-6,11-12H,1-4,7-10H2. The molecule has 2 aromatic heterocycles. The van der Waals surface area contributed by atoms with Crippen LogP contribution in [0.2, 0.25) is 0 Å². The van der Waals surface area contributed by atoms with E-state index in [-0.39, 0.29) is 30.4 Å². The summed E-state index contributed by atoms with van der Waals surface area (Å²) in [6.07, 6.45) is -6.76. The third kappa shape index (κ3) is 6.42. The van der Waals surface area contributed by atoms with Crippen LogP contribution in [0.3, 0.4) is 0 Å². The molecule has 0 aromatic carbocycles. The van der Waals surface area contributed by atoms with Crippen LogP contribution in [-0.4, -0.2) is 56.7 Å². The first-order valence-corrected chi connectivity index (χ1v) is 10.0. The minimum Gasteiger partial charge on any atom is -0.339 e. The second-order valence-electron chi connectivity index (χ2n) is 7.39. The van der Waals surface area contributed by atoms with Gasteiger partial charge in [-0.2, -0.15) is 18.3 Å². The van der Waals surface area contributed by atoms with Gasteiger partial charge in [0.15, 0.2) is 0 Å². The second-order valence-corrected chi connectivity index (χ2v) is 7.39. The summed E-state index contributed by atoms with van der Waals surface area (Å²) >= 11 is 0. The maximum Gasteiger partial charge on any atom is 0.507 e. The molecule has 0 saturated carbocycles. The van der Waals surface area contributed by atoms with E-state index in [1.165, 1.54) is 6.07 Å². The Labute approximate surface area is 183 Å². The third-order valence-electron chi connectivity index (χ3n) is 5.05. The molecule has 1 saturated heterocycles. The van der Waals surface area contributed by atoms with E-state index in [0.29, 0.717) is 39.0 Å². The van der Waals surface area contributed by atoms with Crippen LogP contribution in [0.25, 0.3) is 0 Å². The summed E-state index contributed by atoms with van der Waals surface area (Å²) in [7, 11) is 0. The predicted molar refractivity (Wildman–Crippen MR) is 103 cm³/mol. The first-order chi connectivity index (χ1) is 15.4. The number of halogens is 6. The fourth-order valence-electron chi connectivity index (χ4n) is 3.29. The van der Waals surface area contributed by atoms with Crippen LogP contribution in [0.5, 0.6) is 0 Å². The van der Waals surface area contributed by atoms with Gasteiger partial charge in [0, 0.05) is 51.1 Å². The second kappa shape index (κ2) is 9.75. The summed E-state index contributed by atoms with van der Waals surface area (Å²) < 4.78 is 75.5. The summed E-state index contributed by atoms with van der Waals surface area (Å²) in [5.41, 5.74) is -2.10. The molecule has 0 aliphatic carbocycles. The molecule has 0 unspecified atom stereocenters. The normalized spacial score (nSPS) is 15.1. The van der Waals surface area contributed by atoms with E-state index in [0.717, 1.165) is 18.5 Å². The van der Waals surface area contributed by atoms with Crippen molar-refractivity contribution in [2.45, 2.75) is 38.2 Å². The van der Waals surface area contributed by atoms with Gasteiger partial charge in [-0.05, 0) is 25.3 Å². The van der Waals surface area contributed by atoms with E-state index >= 15 is 0 Å². The van der Waals surface area contributed by atoms with E-state index in [4.69, 9.17) is 0 Å². The highest BCUT2D eigenvalue weighted by Crippen LogP contribution is 2.28. The number of alkyl halides is 6. The van der Waals surface area contributed by atoms with E-state index in [1.807, 2.05) is 0 Å². The van der Waals surface area contributed by atoms with Crippen molar-refractivity contribution in [3.8, 4) is 0 Å². The number of aromatic nitrogens is 4. The minimum absolute atomic E-state index is 0.101. The molecule has 0 atom stereocenters. The number of carbonyl (C=O) groups is 1. The number of nitrogens with zero attached hydrogens (tertiary/aromatic N) is 6. The number of anilines is 1. The lowest BCUT2D eigenvalue weighted by Gasteiger charge is -2.34. The molecule has 180 valence electrons. The largest absolute Gasteiger partial charge is 0.507 e. The first kappa shape index (κ1) is 24.5.